The van der Waals surface area contributed by atoms with Crippen LogP contribution >= 0.6 is 0 Å². The molecule has 0 saturated carbocycles. The molecule has 0 aliphatic carbocycles. The van der Waals surface area contributed by atoms with Gasteiger partial charge in [0.05, 0.1) is 0 Å². The summed E-state index contributed by atoms with van der Waals surface area (Å²) in [7, 11) is 0. The van der Waals surface area contributed by atoms with Gasteiger partial charge in [-0.2, -0.15) is 0 Å². The Hall–Kier alpha value is -1.62. The molecule has 0 aliphatic heterocycles. The van der Waals surface area contributed by atoms with Crippen LogP contribution in [0.4, 0.5) is 0 Å². The van der Waals surface area contributed by atoms with Crippen molar-refractivity contribution in [3.8, 4) is 0 Å². The molecule has 1 aromatic rings. The van der Waals surface area contributed by atoms with Gasteiger partial charge in [0.15, 0.2) is 0 Å². The number of rotatable bonds is 2. The maximum Gasteiger partial charge on any atom is 0.256 e. The van der Waals surface area contributed by atoms with E-state index < -0.39 is 11.9 Å². The zero-order chi connectivity index (χ0) is 10.7. The number of hydrazine groups is 1. The third-order valence-corrected chi connectivity index (χ3v) is 2.10. The zero-order valence-corrected chi connectivity index (χ0v) is 8.15. The van der Waals surface area contributed by atoms with Gasteiger partial charge in [0.2, 0.25) is 0 Å². The van der Waals surface area contributed by atoms with Crippen molar-refractivity contribution in [1.29, 1.82) is 0 Å². The monoisotopic (exact) mass is 195 g/mol. The first-order valence-corrected chi connectivity index (χ1v) is 4.26. The average molecular weight is 195 g/mol. The number of hydrogen-bond donors (Lipinski definition) is 2. The highest BCUT2D eigenvalue weighted by Crippen LogP contribution is 2.01. The zero-order valence-electron chi connectivity index (χ0n) is 8.15. The molecule has 3 N–H and O–H groups in total. The maximum absolute atomic E-state index is 11.6. The van der Waals surface area contributed by atoms with Gasteiger partial charge in [-0.1, -0.05) is 6.07 Å². The predicted molar refractivity (Wildman–Crippen MR) is 52.5 cm³/mol. The van der Waals surface area contributed by atoms with E-state index in [4.69, 9.17) is 5.84 Å². The Balaban J connectivity index is 3.14. The molecule has 1 amide bonds. The fourth-order valence-electron chi connectivity index (χ4n) is 1.17. The Labute approximate surface area is 81.5 Å². The standard InChI is InChI=1S/C9H13N3O2/c1-6-4-3-5-12(9(6)14)7(2)8(13)11-10/h3-5,7H,10H2,1-2H3,(H,11,13). The molecule has 5 nitrogen and oxygen atoms in total. The Morgan fingerprint density at radius 3 is 2.86 bits per heavy atom. The third-order valence-electron chi connectivity index (χ3n) is 2.10. The van der Waals surface area contributed by atoms with E-state index in [-0.39, 0.29) is 5.56 Å². The van der Waals surface area contributed by atoms with Gasteiger partial charge in [0.25, 0.3) is 11.5 Å². The summed E-state index contributed by atoms with van der Waals surface area (Å²) in [5.74, 6) is 4.59. The number of nitrogens with zero attached hydrogens (tertiary/aromatic N) is 1. The molecule has 0 saturated heterocycles. The second kappa shape index (κ2) is 4.06. The van der Waals surface area contributed by atoms with Crippen LogP contribution < -0.4 is 16.8 Å². The summed E-state index contributed by atoms with van der Waals surface area (Å²) < 4.78 is 1.34. The first kappa shape index (κ1) is 10.5. The molecule has 5 heteroatoms. The number of aromatic nitrogens is 1. The maximum atomic E-state index is 11.6. The van der Waals surface area contributed by atoms with E-state index in [0.29, 0.717) is 5.56 Å². The van der Waals surface area contributed by atoms with Crippen LogP contribution in [0.1, 0.15) is 18.5 Å². The number of pyridine rings is 1. The van der Waals surface area contributed by atoms with Crippen LogP contribution in [-0.4, -0.2) is 10.5 Å². The first-order chi connectivity index (χ1) is 6.57. The molecule has 76 valence electrons. The molecular weight excluding hydrogens is 182 g/mol. The number of aryl methyl sites for hydroxylation is 1. The smallest absolute Gasteiger partial charge is 0.256 e. The summed E-state index contributed by atoms with van der Waals surface area (Å²) in [6.45, 7) is 3.31. The molecule has 1 rings (SSSR count). The van der Waals surface area contributed by atoms with Crippen LogP contribution in [0.3, 0.4) is 0 Å². The van der Waals surface area contributed by atoms with Gasteiger partial charge in [-0.25, -0.2) is 5.84 Å². The van der Waals surface area contributed by atoms with Crippen LogP contribution in [0.15, 0.2) is 23.1 Å². The van der Waals surface area contributed by atoms with E-state index in [1.807, 2.05) is 5.43 Å². The molecular formula is C9H13N3O2. The van der Waals surface area contributed by atoms with Crippen LogP contribution in [0, 0.1) is 6.92 Å². The summed E-state index contributed by atoms with van der Waals surface area (Å²) in [6.07, 6.45) is 1.56. The van der Waals surface area contributed by atoms with Gasteiger partial charge in [0.1, 0.15) is 6.04 Å². The number of nitrogens with two attached hydrogens (primary N) is 1. The quantitative estimate of drug-likeness (QED) is 0.386. The predicted octanol–water partition coefficient (Wildman–Crippen LogP) is -0.292. The topological polar surface area (TPSA) is 77.1 Å². The molecule has 1 heterocycles. The average Bonchev–Trinajstić information content (AvgIpc) is 2.20. The first-order valence-electron chi connectivity index (χ1n) is 4.26. The molecule has 0 spiro atoms. The second-order valence-corrected chi connectivity index (χ2v) is 3.09. The molecule has 0 fully saturated rings. The van der Waals surface area contributed by atoms with Gasteiger partial charge in [-0.05, 0) is 19.9 Å². The highest BCUT2D eigenvalue weighted by atomic mass is 16.2. The Bertz CT molecular complexity index is 397. The lowest BCUT2D eigenvalue weighted by atomic mass is 10.2. The van der Waals surface area contributed by atoms with Gasteiger partial charge >= 0.3 is 0 Å². The van der Waals surface area contributed by atoms with Crippen molar-refractivity contribution >= 4 is 5.91 Å². The molecule has 0 aromatic carbocycles. The van der Waals surface area contributed by atoms with E-state index in [0.717, 1.165) is 0 Å². The summed E-state index contributed by atoms with van der Waals surface area (Å²) in [6, 6.07) is 2.83. The number of carbonyl (C=O) groups excluding carboxylic acids is 1. The fourth-order valence-corrected chi connectivity index (χ4v) is 1.17. The lowest BCUT2D eigenvalue weighted by Crippen LogP contribution is -2.39. The van der Waals surface area contributed by atoms with Crippen LogP contribution in [-0.2, 0) is 4.79 Å². The van der Waals surface area contributed by atoms with Crippen molar-refractivity contribution in [2.75, 3.05) is 0 Å². The molecule has 0 aliphatic rings. The summed E-state index contributed by atoms with van der Waals surface area (Å²) in [4.78, 5) is 22.8. The van der Waals surface area contributed by atoms with E-state index in [1.54, 1.807) is 32.2 Å². The number of amides is 1. The Morgan fingerprint density at radius 1 is 1.64 bits per heavy atom. The molecule has 1 unspecified atom stereocenters. The molecule has 1 atom stereocenters. The van der Waals surface area contributed by atoms with E-state index in [2.05, 4.69) is 0 Å². The van der Waals surface area contributed by atoms with Crippen molar-refractivity contribution in [2.24, 2.45) is 5.84 Å². The summed E-state index contributed by atoms with van der Waals surface area (Å²) in [5.41, 5.74) is 2.44. The van der Waals surface area contributed by atoms with E-state index >= 15 is 0 Å². The van der Waals surface area contributed by atoms with Gasteiger partial charge < -0.3 is 4.57 Å². The summed E-state index contributed by atoms with van der Waals surface area (Å²) in [5, 5.41) is 0. The van der Waals surface area contributed by atoms with Crippen molar-refractivity contribution in [1.82, 2.24) is 9.99 Å². The molecule has 1 aromatic heterocycles. The highest BCUT2D eigenvalue weighted by Gasteiger charge is 2.14. The van der Waals surface area contributed by atoms with Crippen molar-refractivity contribution in [2.45, 2.75) is 19.9 Å². The largest absolute Gasteiger partial charge is 0.303 e. The molecule has 0 bridgehead atoms. The van der Waals surface area contributed by atoms with Gasteiger partial charge in [-0.15, -0.1) is 0 Å². The summed E-state index contributed by atoms with van der Waals surface area (Å²) >= 11 is 0. The second-order valence-electron chi connectivity index (χ2n) is 3.09. The number of carbonyl (C=O) groups is 1. The normalized spacial score (nSPS) is 12.2. The van der Waals surface area contributed by atoms with Crippen LogP contribution in [0.5, 0.6) is 0 Å². The Morgan fingerprint density at radius 2 is 2.29 bits per heavy atom. The van der Waals surface area contributed by atoms with Crippen LogP contribution in [0.25, 0.3) is 0 Å². The molecule has 14 heavy (non-hydrogen) atoms. The SMILES string of the molecule is Cc1cccn(C(C)C(=O)NN)c1=O. The third kappa shape index (κ3) is 1.82. The minimum Gasteiger partial charge on any atom is -0.303 e. The number of nitrogens with one attached hydrogen (secondary N) is 1. The van der Waals surface area contributed by atoms with Crippen molar-refractivity contribution in [3.05, 3.63) is 34.2 Å². The lowest BCUT2D eigenvalue weighted by Gasteiger charge is -2.13. The Kier molecular flexibility index (Phi) is 3.03. The van der Waals surface area contributed by atoms with E-state index in [9.17, 15) is 9.59 Å². The van der Waals surface area contributed by atoms with Crippen molar-refractivity contribution in [3.63, 3.8) is 0 Å². The van der Waals surface area contributed by atoms with E-state index in [1.165, 1.54) is 4.57 Å². The number of hydrogen-bond acceptors (Lipinski definition) is 3. The van der Waals surface area contributed by atoms with Crippen molar-refractivity contribution < 1.29 is 4.79 Å². The lowest BCUT2D eigenvalue weighted by molar-refractivity contribution is -0.124. The minimum absolute atomic E-state index is 0.177. The van der Waals surface area contributed by atoms with Gasteiger partial charge in [-0.3, -0.25) is 15.0 Å². The highest BCUT2D eigenvalue weighted by molar-refractivity contribution is 5.79. The van der Waals surface area contributed by atoms with Gasteiger partial charge in [0, 0.05) is 11.8 Å². The molecule has 0 radical (unpaired) electrons. The van der Waals surface area contributed by atoms with Crippen LogP contribution in [0.2, 0.25) is 0 Å². The fraction of sp³-hybridized carbons (Fsp3) is 0.333. The minimum atomic E-state index is -0.590.